The lowest BCUT2D eigenvalue weighted by Gasteiger charge is -2.12. The summed E-state index contributed by atoms with van der Waals surface area (Å²) in [6.07, 6.45) is 0. The number of hydrogen-bond donors (Lipinski definition) is 3. The van der Waals surface area contributed by atoms with E-state index in [-0.39, 0.29) is 5.69 Å². The lowest BCUT2D eigenvalue weighted by Crippen LogP contribution is -2.20. The first-order chi connectivity index (χ1) is 10.4. The molecule has 0 aliphatic carbocycles. The van der Waals surface area contributed by atoms with Crippen LogP contribution in [0.3, 0.4) is 0 Å². The number of nitro benzene ring substituents is 1. The second-order valence-electron chi connectivity index (χ2n) is 4.91. The average Bonchev–Trinajstić information content (AvgIpc) is 2.45. The number of nitrogens with zero attached hydrogens (tertiary/aromatic N) is 1. The number of amides is 2. The van der Waals surface area contributed by atoms with Crippen molar-refractivity contribution in [2.75, 3.05) is 16.4 Å². The van der Waals surface area contributed by atoms with Gasteiger partial charge in [-0.1, -0.05) is 12.1 Å². The van der Waals surface area contributed by atoms with E-state index in [1.807, 2.05) is 6.92 Å². The van der Waals surface area contributed by atoms with Crippen molar-refractivity contribution in [3.63, 3.8) is 0 Å². The van der Waals surface area contributed by atoms with Crippen molar-refractivity contribution in [3.05, 3.63) is 57.6 Å². The Morgan fingerprint density at radius 3 is 2.18 bits per heavy atom. The number of carbonyl (C=O) groups is 1. The van der Waals surface area contributed by atoms with Crippen molar-refractivity contribution in [1.29, 1.82) is 0 Å². The van der Waals surface area contributed by atoms with Gasteiger partial charge in [-0.2, -0.15) is 0 Å². The van der Waals surface area contributed by atoms with Crippen LogP contribution >= 0.6 is 0 Å². The fraction of sp³-hybridized carbons (Fsp3) is 0.133. The van der Waals surface area contributed by atoms with Crippen LogP contribution in [-0.2, 0) is 0 Å². The van der Waals surface area contributed by atoms with E-state index in [2.05, 4.69) is 10.6 Å². The quantitative estimate of drug-likeness (QED) is 0.458. The molecule has 0 aliphatic heterocycles. The zero-order chi connectivity index (χ0) is 16.3. The van der Waals surface area contributed by atoms with Crippen LogP contribution in [0.2, 0.25) is 0 Å². The summed E-state index contributed by atoms with van der Waals surface area (Å²) in [6, 6.07) is 8.99. The topological polar surface area (TPSA) is 110 Å². The van der Waals surface area contributed by atoms with Crippen LogP contribution in [0.5, 0.6) is 0 Å². The van der Waals surface area contributed by atoms with Crippen LogP contribution in [0.25, 0.3) is 0 Å². The minimum Gasteiger partial charge on any atom is -0.399 e. The molecule has 114 valence electrons. The van der Waals surface area contributed by atoms with E-state index >= 15 is 0 Å². The maximum atomic E-state index is 12.0. The number of carbonyl (C=O) groups excluding carboxylic acids is 1. The van der Waals surface area contributed by atoms with Crippen LogP contribution in [0.15, 0.2) is 36.4 Å². The maximum absolute atomic E-state index is 12.0. The normalized spacial score (nSPS) is 10.1. The van der Waals surface area contributed by atoms with Crippen molar-refractivity contribution < 1.29 is 9.72 Å². The lowest BCUT2D eigenvalue weighted by atomic mass is 10.1. The summed E-state index contributed by atoms with van der Waals surface area (Å²) in [6.45, 7) is 3.60. The van der Waals surface area contributed by atoms with Crippen molar-refractivity contribution in [1.82, 2.24) is 0 Å². The highest BCUT2D eigenvalue weighted by molar-refractivity contribution is 6.01. The minimum atomic E-state index is -0.509. The fourth-order valence-corrected chi connectivity index (χ4v) is 1.91. The molecule has 0 aromatic heterocycles. The average molecular weight is 300 g/mol. The van der Waals surface area contributed by atoms with Gasteiger partial charge in [-0.15, -0.1) is 0 Å². The summed E-state index contributed by atoms with van der Waals surface area (Å²) in [5.74, 6) is 0. The summed E-state index contributed by atoms with van der Waals surface area (Å²) in [5, 5.41) is 16.1. The molecule has 0 radical (unpaired) electrons. The predicted octanol–water partition coefficient (Wildman–Crippen LogP) is 3.44. The third-order valence-corrected chi connectivity index (χ3v) is 3.19. The first kappa shape index (κ1) is 15.3. The second kappa shape index (κ2) is 6.13. The van der Waals surface area contributed by atoms with Crippen LogP contribution < -0.4 is 16.4 Å². The Balaban J connectivity index is 2.17. The number of rotatable bonds is 3. The van der Waals surface area contributed by atoms with Gasteiger partial charge < -0.3 is 16.4 Å². The Bertz CT molecular complexity index is 744. The number of aryl methyl sites for hydroxylation is 2. The molecule has 0 saturated heterocycles. The van der Waals surface area contributed by atoms with Gasteiger partial charge in [0.05, 0.1) is 10.6 Å². The molecule has 2 amide bonds. The van der Waals surface area contributed by atoms with E-state index in [0.29, 0.717) is 17.1 Å². The van der Waals surface area contributed by atoms with E-state index in [4.69, 9.17) is 5.73 Å². The van der Waals surface area contributed by atoms with Gasteiger partial charge in [-0.3, -0.25) is 10.1 Å². The van der Waals surface area contributed by atoms with Crippen LogP contribution in [0.1, 0.15) is 11.1 Å². The van der Waals surface area contributed by atoms with Crippen molar-refractivity contribution >= 4 is 28.8 Å². The summed E-state index contributed by atoms with van der Waals surface area (Å²) in [4.78, 5) is 22.3. The van der Waals surface area contributed by atoms with Gasteiger partial charge in [0.15, 0.2) is 0 Å². The number of urea groups is 1. The maximum Gasteiger partial charge on any atom is 0.323 e. The number of anilines is 3. The van der Waals surface area contributed by atoms with Gasteiger partial charge in [0.25, 0.3) is 5.69 Å². The SMILES string of the molecule is Cc1ccc(N)cc1NC(=O)Nc1cc([N+](=O)[O-])ccc1C. The molecule has 2 aromatic carbocycles. The zero-order valence-corrected chi connectivity index (χ0v) is 12.2. The third kappa shape index (κ3) is 3.51. The van der Waals surface area contributed by atoms with Crippen LogP contribution in [0.4, 0.5) is 27.5 Å². The standard InChI is InChI=1S/C15H16N4O3/c1-9-3-5-11(16)7-13(9)17-15(20)18-14-8-12(19(21)22)6-4-10(14)2/h3-8H,16H2,1-2H3,(H2,17,18,20). The molecule has 7 heteroatoms. The fourth-order valence-electron chi connectivity index (χ4n) is 1.91. The molecule has 0 aliphatic rings. The van der Waals surface area contributed by atoms with E-state index < -0.39 is 11.0 Å². The Morgan fingerprint density at radius 1 is 1.05 bits per heavy atom. The zero-order valence-electron chi connectivity index (χ0n) is 12.2. The molecule has 0 heterocycles. The van der Waals surface area contributed by atoms with Gasteiger partial charge in [0, 0.05) is 23.5 Å². The molecular formula is C15H16N4O3. The monoisotopic (exact) mass is 300 g/mol. The Kier molecular flexibility index (Phi) is 4.26. The number of non-ortho nitro benzene ring substituents is 1. The molecule has 22 heavy (non-hydrogen) atoms. The van der Waals surface area contributed by atoms with Gasteiger partial charge in [0.1, 0.15) is 0 Å². The number of benzene rings is 2. The van der Waals surface area contributed by atoms with Crippen LogP contribution in [-0.4, -0.2) is 11.0 Å². The Morgan fingerprint density at radius 2 is 1.59 bits per heavy atom. The highest BCUT2D eigenvalue weighted by Crippen LogP contribution is 2.23. The molecule has 0 atom stereocenters. The molecule has 0 bridgehead atoms. The lowest BCUT2D eigenvalue weighted by molar-refractivity contribution is -0.384. The second-order valence-corrected chi connectivity index (χ2v) is 4.91. The molecule has 4 N–H and O–H groups in total. The van der Waals surface area contributed by atoms with Crippen LogP contribution in [0, 0.1) is 24.0 Å². The number of nitrogens with one attached hydrogen (secondary N) is 2. The highest BCUT2D eigenvalue weighted by atomic mass is 16.6. The molecule has 0 unspecified atom stereocenters. The number of nitro groups is 1. The summed E-state index contributed by atoms with van der Waals surface area (Å²) in [7, 11) is 0. The Hall–Kier alpha value is -3.09. The van der Waals surface area contributed by atoms with Crippen molar-refractivity contribution in [2.45, 2.75) is 13.8 Å². The van der Waals surface area contributed by atoms with E-state index in [0.717, 1.165) is 11.1 Å². The summed E-state index contributed by atoms with van der Waals surface area (Å²) in [5.41, 5.74) is 8.69. The van der Waals surface area contributed by atoms with Gasteiger partial charge in [-0.25, -0.2) is 4.79 Å². The first-order valence-electron chi connectivity index (χ1n) is 6.56. The third-order valence-electron chi connectivity index (χ3n) is 3.19. The minimum absolute atomic E-state index is 0.0824. The number of nitrogens with two attached hydrogens (primary N) is 1. The van der Waals surface area contributed by atoms with Crippen molar-refractivity contribution in [2.24, 2.45) is 0 Å². The Labute approximate surface area is 127 Å². The predicted molar refractivity (Wildman–Crippen MR) is 86.1 cm³/mol. The highest BCUT2D eigenvalue weighted by Gasteiger charge is 2.11. The van der Waals surface area contributed by atoms with Gasteiger partial charge in [-0.05, 0) is 37.1 Å². The first-order valence-corrected chi connectivity index (χ1v) is 6.56. The number of hydrogen-bond acceptors (Lipinski definition) is 4. The summed E-state index contributed by atoms with van der Waals surface area (Å²) < 4.78 is 0. The molecular weight excluding hydrogens is 284 g/mol. The molecule has 7 nitrogen and oxygen atoms in total. The van der Waals surface area contributed by atoms with E-state index in [9.17, 15) is 14.9 Å². The molecule has 0 saturated carbocycles. The van der Waals surface area contributed by atoms with E-state index in [1.165, 1.54) is 12.1 Å². The molecule has 2 aromatic rings. The molecule has 0 fully saturated rings. The molecule has 2 rings (SSSR count). The largest absolute Gasteiger partial charge is 0.399 e. The van der Waals surface area contributed by atoms with Crippen molar-refractivity contribution in [3.8, 4) is 0 Å². The van der Waals surface area contributed by atoms with E-state index in [1.54, 1.807) is 31.2 Å². The van der Waals surface area contributed by atoms with Gasteiger partial charge in [0.2, 0.25) is 0 Å². The summed E-state index contributed by atoms with van der Waals surface area (Å²) >= 11 is 0. The number of nitrogen functional groups attached to an aromatic ring is 1. The smallest absolute Gasteiger partial charge is 0.323 e. The molecule has 0 spiro atoms. The van der Waals surface area contributed by atoms with Gasteiger partial charge >= 0.3 is 6.03 Å².